The predicted molar refractivity (Wildman–Crippen MR) is 37.1 cm³/mol. The number of hydrogen-bond acceptors (Lipinski definition) is 1. The van der Waals surface area contributed by atoms with Crippen molar-refractivity contribution in [2.75, 3.05) is 0 Å². The van der Waals surface area contributed by atoms with Gasteiger partial charge in [0, 0.05) is 11.6 Å². The summed E-state index contributed by atoms with van der Waals surface area (Å²) in [6, 6.07) is 5.98. The molecule has 0 amide bonds. The van der Waals surface area contributed by atoms with Crippen molar-refractivity contribution in [1.29, 1.82) is 5.26 Å². The third kappa shape index (κ3) is 0.985. The molecule has 2 nitrogen and oxygen atoms in total. The zero-order chi connectivity index (χ0) is 7.56. The van der Waals surface area contributed by atoms with E-state index >= 15 is 0 Å². The third-order valence-electron chi connectivity index (χ3n) is 1.49. The van der Waals surface area contributed by atoms with Gasteiger partial charge in [0.1, 0.15) is 7.05 Å². The summed E-state index contributed by atoms with van der Waals surface area (Å²) in [4.78, 5) is 0. The molecule has 0 bridgehead atoms. The van der Waals surface area contributed by atoms with Gasteiger partial charge in [-0.15, -0.1) is 0 Å². The van der Waals surface area contributed by atoms with E-state index in [1.165, 1.54) is 0 Å². The topological polar surface area (TPSA) is 27.7 Å². The van der Waals surface area contributed by atoms with E-state index in [1.54, 1.807) is 0 Å². The van der Waals surface area contributed by atoms with Crippen LogP contribution in [-0.2, 0) is 7.05 Å². The van der Waals surface area contributed by atoms with Crippen molar-refractivity contribution >= 4 is 0 Å². The molecule has 0 N–H and O–H groups in total. The molecule has 1 aromatic heterocycles. The van der Waals surface area contributed by atoms with Gasteiger partial charge < -0.3 is 0 Å². The van der Waals surface area contributed by atoms with Crippen LogP contribution in [0.2, 0.25) is 0 Å². The standard InChI is InChI=1S/C8H9N2/c1-7-4-3-5-10(2)8(7)6-9/h3-5H,1-2H3/q+1. The van der Waals surface area contributed by atoms with Crippen LogP contribution in [-0.4, -0.2) is 0 Å². The van der Waals surface area contributed by atoms with Gasteiger partial charge in [-0.25, -0.2) is 0 Å². The van der Waals surface area contributed by atoms with Crippen LogP contribution in [0.15, 0.2) is 18.3 Å². The Bertz CT molecular complexity index is 264. The average Bonchev–Trinajstić information content (AvgIpc) is 1.88. The zero-order valence-electron chi connectivity index (χ0n) is 6.13. The lowest BCUT2D eigenvalue weighted by Gasteiger charge is -1.91. The van der Waals surface area contributed by atoms with E-state index in [0.29, 0.717) is 0 Å². The van der Waals surface area contributed by atoms with Crippen molar-refractivity contribution in [2.24, 2.45) is 7.05 Å². The maximum atomic E-state index is 8.63. The van der Waals surface area contributed by atoms with E-state index in [2.05, 4.69) is 6.07 Å². The Hall–Kier alpha value is -1.36. The van der Waals surface area contributed by atoms with Gasteiger partial charge in [-0.2, -0.15) is 9.83 Å². The Labute approximate surface area is 60.3 Å². The molecule has 1 rings (SSSR count). The highest BCUT2D eigenvalue weighted by Crippen LogP contribution is 1.97. The van der Waals surface area contributed by atoms with Crippen molar-refractivity contribution in [2.45, 2.75) is 6.92 Å². The number of rotatable bonds is 0. The first kappa shape index (κ1) is 6.76. The molecule has 50 valence electrons. The predicted octanol–water partition coefficient (Wildman–Crippen LogP) is 0.691. The number of hydrogen-bond donors (Lipinski definition) is 0. The second-order valence-corrected chi connectivity index (χ2v) is 2.26. The Kier molecular flexibility index (Phi) is 1.68. The molecule has 0 unspecified atom stereocenters. The molecule has 1 aromatic rings. The van der Waals surface area contributed by atoms with E-state index in [9.17, 15) is 0 Å². The lowest BCUT2D eigenvalue weighted by molar-refractivity contribution is -0.674. The minimum absolute atomic E-state index is 0.725. The summed E-state index contributed by atoms with van der Waals surface area (Å²) in [7, 11) is 1.87. The molecular weight excluding hydrogens is 124 g/mol. The molecule has 2 heteroatoms. The van der Waals surface area contributed by atoms with Gasteiger partial charge in [0.2, 0.25) is 0 Å². The van der Waals surface area contributed by atoms with Crippen LogP contribution in [0.25, 0.3) is 0 Å². The summed E-state index contributed by atoms with van der Waals surface area (Å²) in [5.41, 5.74) is 1.75. The number of aromatic nitrogens is 1. The molecule has 0 radical (unpaired) electrons. The van der Waals surface area contributed by atoms with Crippen LogP contribution in [0.5, 0.6) is 0 Å². The molecule has 0 aliphatic heterocycles. The SMILES string of the molecule is Cc1ccc[n+](C)c1C#N. The Balaban J connectivity index is 3.34. The highest BCUT2D eigenvalue weighted by Gasteiger charge is 2.05. The molecule has 0 fully saturated rings. The number of nitrogens with zero attached hydrogens (tertiary/aromatic N) is 2. The summed E-state index contributed by atoms with van der Waals surface area (Å²) in [6.07, 6.45) is 1.87. The largest absolute Gasteiger partial charge is 0.286 e. The average molecular weight is 133 g/mol. The summed E-state index contributed by atoms with van der Waals surface area (Å²) >= 11 is 0. The second-order valence-electron chi connectivity index (χ2n) is 2.26. The van der Waals surface area contributed by atoms with E-state index in [-0.39, 0.29) is 0 Å². The van der Waals surface area contributed by atoms with Crippen LogP contribution in [0.1, 0.15) is 11.3 Å². The van der Waals surface area contributed by atoms with Crippen LogP contribution in [0, 0.1) is 18.3 Å². The smallest absolute Gasteiger partial charge is 0.192 e. The van der Waals surface area contributed by atoms with E-state index in [1.807, 2.05) is 36.9 Å². The fourth-order valence-corrected chi connectivity index (χ4v) is 0.915. The lowest BCUT2D eigenvalue weighted by atomic mass is 10.2. The first-order valence-electron chi connectivity index (χ1n) is 3.11. The van der Waals surface area contributed by atoms with Gasteiger partial charge in [0.25, 0.3) is 5.69 Å². The number of nitriles is 1. The normalized spacial score (nSPS) is 8.90. The van der Waals surface area contributed by atoms with Crippen LogP contribution < -0.4 is 4.57 Å². The quantitative estimate of drug-likeness (QED) is 0.478. The van der Waals surface area contributed by atoms with Gasteiger partial charge in [0.15, 0.2) is 12.3 Å². The van der Waals surface area contributed by atoms with Crippen molar-refractivity contribution < 1.29 is 4.57 Å². The summed E-state index contributed by atoms with van der Waals surface area (Å²) in [6.45, 7) is 1.93. The fraction of sp³-hybridized carbons (Fsp3) is 0.250. The highest BCUT2D eigenvalue weighted by atomic mass is 14.9. The van der Waals surface area contributed by atoms with Crippen LogP contribution in [0.4, 0.5) is 0 Å². The summed E-state index contributed by atoms with van der Waals surface area (Å²) < 4.78 is 1.81. The maximum absolute atomic E-state index is 8.63. The highest BCUT2D eigenvalue weighted by molar-refractivity contribution is 5.24. The maximum Gasteiger partial charge on any atom is 0.286 e. The van der Waals surface area contributed by atoms with E-state index in [0.717, 1.165) is 11.3 Å². The minimum atomic E-state index is 0.725. The van der Waals surface area contributed by atoms with Gasteiger partial charge in [-0.3, -0.25) is 0 Å². The molecule has 0 saturated carbocycles. The Morgan fingerprint density at radius 2 is 2.30 bits per heavy atom. The van der Waals surface area contributed by atoms with Gasteiger partial charge in [-0.05, 0) is 13.0 Å². The van der Waals surface area contributed by atoms with Gasteiger partial charge in [0.05, 0.1) is 0 Å². The van der Waals surface area contributed by atoms with Crippen molar-refractivity contribution in [3.05, 3.63) is 29.6 Å². The minimum Gasteiger partial charge on any atom is -0.192 e. The molecule has 0 atom stereocenters. The van der Waals surface area contributed by atoms with Crippen LogP contribution >= 0.6 is 0 Å². The molecule has 1 heterocycles. The Morgan fingerprint density at radius 1 is 1.60 bits per heavy atom. The number of pyridine rings is 1. The molecule has 0 saturated heterocycles. The van der Waals surface area contributed by atoms with Crippen molar-refractivity contribution in [1.82, 2.24) is 0 Å². The summed E-state index contributed by atoms with van der Waals surface area (Å²) in [5, 5.41) is 8.63. The third-order valence-corrected chi connectivity index (χ3v) is 1.49. The monoisotopic (exact) mass is 133 g/mol. The number of aryl methyl sites for hydroxylation is 2. The lowest BCUT2D eigenvalue weighted by Crippen LogP contribution is -2.32. The van der Waals surface area contributed by atoms with Crippen molar-refractivity contribution in [3.8, 4) is 6.07 Å². The zero-order valence-corrected chi connectivity index (χ0v) is 6.13. The van der Waals surface area contributed by atoms with E-state index in [4.69, 9.17) is 5.26 Å². The molecule has 0 aliphatic carbocycles. The second kappa shape index (κ2) is 2.49. The summed E-state index contributed by atoms with van der Waals surface area (Å²) in [5.74, 6) is 0. The molecule has 0 aliphatic rings. The van der Waals surface area contributed by atoms with Gasteiger partial charge in [-0.1, -0.05) is 0 Å². The molecule has 10 heavy (non-hydrogen) atoms. The first-order valence-corrected chi connectivity index (χ1v) is 3.11. The fourth-order valence-electron chi connectivity index (χ4n) is 0.915. The van der Waals surface area contributed by atoms with Crippen LogP contribution in [0.3, 0.4) is 0 Å². The molecule has 0 spiro atoms. The molecular formula is C8H9N2+. The Morgan fingerprint density at radius 3 is 2.70 bits per heavy atom. The first-order chi connectivity index (χ1) is 4.75. The molecule has 0 aromatic carbocycles. The van der Waals surface area contributed by atoms with Gasteiger partial charge >= 0.3 is 0 Å². The van der Waals surface area contributed by atoms with E-state index < -0.39 is 0 Å². The van der Waals surface area contributed by atoms with Crippen molar-refractivity contribution in [3.63, 3.8) is 0 Å².